The summed E-state index contributed by atoms with van der Waals surface area (Å²) >= 11 is 0. The second-order valence-corrected chi connectivity index (χ2v) is 6.72. The molecule has 0 radical (unpaired) electrons. The molecule has 0 bridgehead atoms. The first-order valence-corrected chi connectivity index (χ1v) is 9.66. The molecule has 2 heterocycles. The molecule has 4 rings (SSSR count). The zero-order valence-corrected chi connectivity index (χ0v) is 16.3. The van der Waals surface area contributed by atoms with Crippen LogP contribution in [0.1, 0.15) is 23.6 Å². The summed E-state index contributed by atoms with van der Waals surface area (Å²) in [6.07, 6.45) is 5.55. The molecule has 3 aromatic rings. The van der Waals surface area contributed by atoms with Crippen molar-refractivity contribution in [3.8, 4) is 11.5 Å². The Kier molecular flexibility index (Phi) is 5.61. The summed E-state index contributed by atoms with van der Waals surface area (Å²) in [6, 6.07) is 15.6. The van der Waals surface area contributed by atoms with Crippen LogP contribution in [0.4, 0.5) is 0 Å². The fourth-order valence-corrected chi connectivity index (χ4v) is 3.32. The third kappa shape index (κ3) is 4.32. The third-order valence-electron chi connectivity index (χ3n) is 4.75. The first kappa shape index (κ1) is 18.8. The quantitative estimate of drug-likeness (QED) is 0.672. The van der Waals surface area contributed by atoms with E-state index in [-0.39, 0.29) is 12.5 Å². The number of carbonyl (C=O) groups is 1. The lowest BCUT2D eigenvalue weighted by Crippen LogP contribution is -2.28. The van der Waals surface area contributed by atoms with E-state index in [4.69, 9.17) is 9.47 Å². The SMILES string of the molecule is CCOc1cccc2c1OCC(C(=O)NCc1ccccc1Cn1cccn1)=C2. The number of hydrogen-bond acceptors (Lipinski definition) is 4. The van der Waals surface area contributed by atoms with E-state index in [1.807, 2.05) is 66.3 Å². The number of amides is 1. The van der Waals surface area contributed by atoms with E-state index in [2.05, 4.69) is 16.5 Å². The molecule has 1 aliphatic heterocycles. The molecule has 0 unspecified atom stereocenters. The molecule has 0 saturated carbocycles. The molecule has 1 aromatic heterocycles. The van der Waals surface area contributed by atoms with Gasteiger partial charge in [-0.25, -0.2) is 0 Å². The molecule has 2 aromatic carbocycles. The summed E-state index contributed by atoms with van der Waals surface area (Å²) in [5.41, 5.74) is 3.63. The van der Waals surface area contributed by atoms with E-state index >= 15 is 0 Å². The summed E-state index contributed by atoms with van der Waals surface area (Å²) in [5.74, 6) is 1.26. The van der Waals surface area contributed by atoms with Gasteiger partial charge in [0.2, 0.25) is 0 Å². The highest BCUT2D eigenvalue weighted by molar-refractivity contribution is 5.99. The fraction of sp³-hybridized carbons (Fsp3) is 0.217. The fourth-order valence-electron chi connectivity index (χ4n) is 3.32. The Morgan fingerprint density at radius 1 is 1.17 bits per heavy atom. The van der Waals surface area contributed by atoms with Gasteiger partial charge < -0.3 is 14.8 Å². The van der Waals surface area contributed by atoms with E-state index in [1.54, 1.807) is 6.20 Å². The lowest BCUT2D eigenvalue weighted by atomic mass is 10.1. The monoisotopic (exact) mass is 389 g/mol. The number of aromatic nitrogens is 2. The zero-order chi connectivity index (χ0) is 20.1. The molecule has 29 heavy (non-hydrogen) atoms. The zero-order valence-electron chi connectivity index (χ0n) is 16.3. The van der Waals surface area contributed by atoms with Crippen molar-refractivity contribution >= 4 is 12.0 Å². The molecule has 6 heteroatoms. The van der Waals surface area contributed by atoms with Crippen molar-refractivity contribution < 1.29 is 14.3 Å². The maximum atomic E-state index is 12.7. The highest BCUT2D eigenvalue weighted by Crippen LogP contribution is 2.35. The number of fused-ring (bicyclic) bond motifs is 1. The molecular formula is C23H23N3O3. The van der Waals surface area contributed by atoms with Crippen LogP contribution in [0.25, 0.3) is 6.08 Å². The molecule has 1 N–H and O–H groups in total. The summed E-state index contributed by atoms with van der Waals surface area (Å²) in [5, 5.41) is 7.27. The van der Waals surface area contributed by atoms with Crippen LogP contribution in [0.3, 0.4) is 0 Å². The largest absolute Gasteiger partial charge is 0.490 e. The topological polar surface area (TPSA) is 65.4 Å². The Balaban J connectivity index is 1.45. The first-order chi connectivity index (χ1) is 14.2. The second kappa shape index (κ2) is 8.65. The van der Waals surface area contributed by atoms with Crippen LogP contribution in [0.2, 0.25) is 0 Å². The van der Waals surface area contributed by atoms with Crippen molar-refractivity contribution in [2.24, 2.45) is 0 Å². The van der Waals surface area contributed by atoms with Crippen molar-refractivity contribution in [1.82, 2.24) is 15.1 Å². The molecule has 6 nitrogen and oxygen atoms in total. The Morgan fingerprint density at radius 3 is 2.83 bits per heavy atom. The maximum absolute atomic E-state index is 12.7. The Bertz CT molecular complexity index is 1030. The van der Waals surface area contributed by atoms with Gasteiger partial charge in [-0.05, 0) is 36.3 Å². The predicted octanol–water partition coefficient (Wildman–Crippen LogP) is 3.42. The van der Waals surface area contributed by atoms with Gasteiger partial charge in [0.05, 0.1) is 18.7 Å². The van der Waals surface area contributed by atoms with E-state index in [1.165, 1.54) is 0 Å². The van der Waals surface area contributed by atoms with Crippen molar-refractivity contribution in [3.63, 3.8) is 0 Å². The molecule has 1 aliphatic rings. The van der Waals surface area contributed by atoms with Gasteiger partial charge in [-0.1, -0.05) is 36.4 Å². The molecule has 0 spiro atoms. The minimum atomic E-state index is -0.133. The second-order valence-electron chi connectivity index (χ2n) is 6.72. The number of carbonyl (C=O) groups excluding carboxylic acids is 1. The van der Waals surface area contributed by atoms with Gasteiger partial charge in [0.1, 0.15) is 6.61 Å². The van der Waals surface area contributed by atoms with Crippen molar-refractivity contribution in [3.05, 3.63) is 83.2 Å². The maximum Gasteiger partial charge on any atom is 0.250 e. The van der Waals surface area contributed by atoms with Gasteiger partial charge in [0.15, 0.2) is 11.5 Å². The summed E-state index contributed by atoms with van der Waals surface area (Å²) in [7, 11) is 0. The van der Waals surface area contributed by atoms with Crippen LogP contribution < -0.4 is 14.8 Å². The Morgan fingerprint density at radius 2 is 2.03 bits per heavy atom. The van der Waals surface area contributed by atoms with Gasteiger partial charge in [0.25, 0.3) is 5.91 Å². The number of nitrogens with one attached hydrogen (secondary N) is 1. The van der Waals surface area contributed by atoms with Crippen LogP contribution >= 0.6 is 0 Å². The Hall–Kier alpha value is -3.54. The smallest absolute Gasteiger partial charge is 0.250 e. The van der Waals surface area contributed by atoms with Crippen LogP contribution in [0.5, 0.6) is 11.5 Å². The highest BCUT2D eigenvalue weighted by atomic mass is 16.5. The number of rotatable bonds is 7. The van der Waals surface area contributed by atoms with E-state index in [0.717, 1.165) is 16.7 Å². The van der Waals surface area contributed by atoms with Crippen molar-refractivity contribution in [2.45, 2.75) is 20.0 Å². The summed E-state index contributed by atoms with van der Waals surface area (Å²) in [6.45, 7) is 3.83. The van der Waals surface area contributed by atoms with Crippen molar-refractivity contribution in [1.29, 1.82) is 0 Å². The van der Waals surface area contributed by atoms with Crippen LogP contribution in [-0.2, 0) is 17.9 Å². The number of hydrogen-bond donors (Lipinski definition) is 1. The molecule has 0 aliphatic carbocycles. The van der Waals surface area contributed by atoms with Gasteiger partial charge in [-0.3, -0.25) is 9.48 Å². The predicted molar refractivity (Wildman–Crippen MR) is 111 cm³/mol. The van der Waals surface area contributed by atoms with E-state index < -0.39 is 0 Å². The van der Waals surface area contributed by atoms with Gasteiger partial charge in [-0.2, -0.15) is 5.10 Å². The Labute approximate surface area is 169 Å². The van der Waals surface area contributed by atoms with E-state index in [0.29, 0.717) is 36.8 Å². The van der Waals surface area contributed by atoms with Crippen LogP contribution in [0.15, 0.2) is 66.5 Å². The molecular weight excluding hydrogens is 366 g/mol. The number of benzene rings is 2. The summed E-state index contributed by atoms with van der Waals surface area (Å²) < 4.78 is 13.3. The number of para-hydroxylation sites is 1. The first-order valence-electron chi connectivity index (χ1n) is 9.66. The average molecular weight is 389 g/mol. The van der Waals surface area contributed by atoms with Gasteiger partial charge in [0, 0.05) is 24.5 Å². The lowest BCUT2D eigenvalue weighted by molar-refractivity contribution is -0.117. The van der Waals surface area contributed by atoms with E-state index in [9.17, 15) is 4.79 Å². The summed E-state index contributed by atoms with van der Waals surface area (Å²) in [4.78, 5) is 12.7. The molecule has 148 valence electrons. The molecule has 0 fully saturated rings. The molecule has 0 atom stereocenters. The standard InChI is InChI=1S/C23H23N3O3/c1-2-28-21-10-5-9-17-13-20(16-29-22(17)21)23(27)24-14-18-7-3-4-8-19(18)15-26-12-6-11-25-26/h3-13H,2,14-16H2,1H3,(H,24,27). The number of nitrogens with zero attached hydrogens (tertiary/aromatic N) is 2. The van der Waals surface area contributed by atoms with Crippen molar-refractivity contribution in [2.75, 3.05) is 13.2 Å². The van der Waals surface area contributed by atoms with Gasteiger partial charge in [-0.15, -0.1) is 0 Å². The highest BCUT2D eigenvalue weighted by Gasteiger charge is 2.20. The van der Waals surface area contributed by atoms with Crippen LogP contribution in [0, 0.1) is 0 Å². The number of ether oxygens (including phenoxy) is 2. The molecule has 0 saturated heterocycles. The average Bonchev–Trinajstić information content (AvgIpc) is 3.26. The molecule has 1 amide bonds. The van der Waals surface area contributed by atoms with Gasteiger partial charge >= 0.3 is 0 Å². The normalized spacial score (nSPS) is 12.5. The van der Waals surface area contributed by atoms with Crippen LogP contribution in [-0.4, -0.2) is 28.9 Å². The minimum absolute atomic E-state index is 0.133. The minimum Gasteiger partial charge on any atom is -0.490 e. The lowest BCUT2D eigenvalue weighted by Gasteiger charge is -2.20. The third-order valence-corrected chi connectivity index (χ3v) is 4.75.